The first-order valence-corrected chi connectivity index (χ1v) is 24.2. The van der Waals surface area contributed by atoms with Gasteiger partial charge in [0.1, 0.15) is 33.8 Å². The monoisotopic (exact) mass is 901 g/mol. The molecule has 7 nitrogen and oxygen atoms in total. The number of anilines is 3. The Labute approximate surface area is 403 Å². The molecule has 2 aliphatic heterocycles. The third-order valence-corrected chi connectivity index (χ3v) is 15.2. The molecule has 2 aliphatic rings. The lowest BCUT2D eigenvalue weighted by molar-refractivity contribution is 0.671. The summed E-state index contributed by atoms with van der Waals surface area (Å²) < 4.78 is 18.8. The summed E-state index contributed by atoms with van der Waals surface area (Å²) in [5.41, 5.74) is 25.4. The van der Waals surface area contributed by atoms with Crippen molar-refractivity contribution in [1.82, 2.24) is 19.1 Å². The Morgan fingerprint density at radius 3 is 1.26 bits per heavy atom. The van der Waals surface area contributed by atoms with Crippen molar-refractivity contribution >= 4 is 106 Å². The summed E-state index contributed by atoms with van der Waals surface area (Å²) >= 11 is 0. The molecule has 0 amide bonds. The van der Waals surface area contributed by atoms with Gasteiger partial charge in [0.25, 0.3) is 6.71 Å². The Morgan fingerprint density at radius 2 is 0.829 bits per heavy atom. The summed E-state index contributed by atoms with van der Waals surface area (Å²) in [7, 11) is 0. The molecule has 332 valence electrons. The van der Waals surface area contributed by atoms with E-state index in [0.717, 1.165) is 117 Å². The zero-order chi connectivity index (χ0) is 46.8. The second-order valence-electron chi connectivity index (χ2n) is 19.7. The van der Waals surface area contributed by atoms with Crippen molar-refractivity contribution in [3.8, 4) is 34.2 Å². The molecule has 8 heteroatoms. The number of aryl methyl sites for hydroxylation is 6. The van der Waals surface area contributed by atoms with E-state index < -0.39 is 0 Å². The van der Waals surface area contributed by atoms with E-state index in [0.29, 0.717) is 0 Å². The van der Waals surface area contributed by atoms with E-state index in [4.69, 9.17) is 18.8 Å². The van der Waals surface area contributed by atoms with Crippen molar-refractivity contribution in [2.75, 3.05) is 4.90 Å². The standard InChI is InChI=1S/C62H44BN5O2/c1-33-25-35(3)52(36(4)26-33)61-64-55-57-46(31-44-42-21-13-15-23-50(42)69-59(44)55)63-47-32-45-43-22-14-16-24-51(43)70-60(45)56-58(47)68(62(65-56)53-37(5)27-34(2)28-38(53)6)49-30-41(29-48(54(49)63)67(57)61)66(39-17-9-7-10-18-39)40-19-11-8-12-20-40/h7-32H,1-6H3. The molecule has 0 N–H and O–H groups in total. The van der Waals surface area contributed by atoms with Crippen LogP contribution in [0.15, 0.2) is 167 Å². The predicted molar refractivity (Wildman–Crippen MR) is 289 cm³/mol. The number of imidazole rings is 2. The minimum absolute atomic E-state index is 0.211. The lowest BCUT2D eigenvalue weighted by atomic mass is 9.34. The molecule has 9 aromatic carbocycles. The fourth-order valence-electron chi connectivity index (χ4n) is 12.7. The normalized spacial score (nSPS) is 12.7. The first-order chi connectivity index (χ1) is 34.2. The third kappa shape index (κ3) is 5.20. The summed E-state index contributed by atoms with van der Waals surface area (Å²) in [5, 5.41) is 4.27. The van der Waals surface area contributed by atoms with E-state index in [2.05, 4.69) is 213 Å². The van der Waals surface area contributed by atoms with Crippen LogP contribution in [0.4, 0.5) is 17.1 Å². The molecule has 0 saturated heterocycles. The van der Waals surface area contributed by atoms with Crippen LogP contribution in [-0.4, -0.2) is 25.8 Å². The van der Waals surface area contributed by atoms with Crippen molar-refractivity contribution in [2.45, 2.75) is 41.5 Å². The number of benzene rings is 9. The number of hydrogen-bond donors (Lipinski definition) is 0. The average molecular weight is 902 g/mol. The molecule has 0 saturated carbocycles. The quantitative estimate of drug-likeness (QED) is 0.161. The zero-order valence-corrected chi connectivity index (χ0v) is 39.6. The van der Waals surface area contributed by atoms with E-state index in [1.54, 1.807) is 0 Å². The maximum atomic E-state index is 6.93. The molecule has 15 rings (SSSR count). The van der Waals surface area contributed by atoms with Crippen LogP contribution in [0, 0.1) is 41.5 Å². The molecule has 13 aromatic rings. The predicted octanol–water partition coefficient (Wildman–Crippen LogP) is 14.0. The Balaban J connectivity index is 1.19. The van der Waals surface area contributed by atoms with Crippen LogP contribution in [0.3, 0.4) is 0 Å². The Morgan fingerprint density at radius 1 is 0.429 bits per heavy atom. The molecule has 0 aliphatic carbocycles. The van der Waals surface area contributed by atoms with Gasteiger partial charge in [0.2, 0.25) is 0 Å². The fourth-order valence-corrected chi connectivity index (χ4v) is 12.7. The smallest absolute Gasteiger partial charge is 0.252 e. The lowest BCUT2D eigenvalue weighted by Crippen LogP contribution is -2.59. The van der Waals surface area contributed by atoms with E-state index in [1.807, 2.05) is 0 Å². The highest BCUT2D eigenvalue weighted by Crippen LogP contribution is 2.46. The van der Waals surface area contributed by atoms with Gasteiger partial charge < -0.3 is 13.7 Å². The Kier molecular flexibility index (Phi) is 7.87. The van der Waals surface area contributed by atoms with E-state index in [1.165, 1.54) is 49.8 Å². The molecule has 0 unspecified atom stereocenters. The van der Waals surface area contributed by atoms with Crippen molar-refractivity contribution in [3.05, 3.63) is 191 Å². The summed E-state index contributed by atoms with van der Waals surface area (Å²) in [6, 6.07) is 57.0. The lowest BCUT2D eigenvalue weighted by Gasteiger charge is -2.36. The SMILES string of the molecule is Cc1cc(C)c(-c2nc3c4oc5ccccc5c4cc4c3n2-c2cc(N(c3ccccc3)c3ccccc3)cc3c2B4c2cc4c5ccccc5oc4c4nc(-c5c(C)cc(C)cc5C)n-3c24)c(C)c1. The highest BCUT2D eigenvalue weighted by Gasteiger charge is 2.44. The van der Waals surface area contributed by atoms with Gasteiger partial charge in [-0.15, -0.1) is 0 Å². The minimum atomic E-state index is -0.211. The van der Waals surface area contributed by atoms with Crippen molar-refractivity contribution in [2.24, 2.45) is 0 Å². The second kappa shape index (κ2) is 14.0. The van der Waals surface area contributed by atoms with E-state index in [9.17, 15) is 0 Å². The maximum absolute atomic E-state index is 6.93. The number of rotatable bonds is 5. The van der Waals surface area contributed by atoms with Crippen LogP contribution in [0.25, 0.3) is 100 Å². The zero-order valence-electron chi connectivity index (χ0n) is 39.6. The molecule has 6 heterocycles. The third-order valence-electron chi connectivity index (χ3n) is 15.2. The molecule has 0 bridgehead atoms. The van der Waals surface area contributed by atoms with Crippen molar-refractivity contribution in [1.29, 1.82) is 0 Å². The van der Waals surface area contributed by atoms with E-state index >= 15 is 0 Å². The molecule has 0 spiro atoms. The molecular weight excluding hydrogens is 858 g/mol. The van der Waals surface area contributed by atoms with Gasteiger partial charge in [-0.25, -0.2) is 9.97 Å². The van der Waals surface area contributed by atoms with Gasteiger partial charge in [0.05, 0.1) is 16.7 Å². The van der Waals surface area contributed by atoms with Crippen LogP contribution >= 0.6 is 0 Å². The summed E-state index contributed by atoms with van der Waals surface area (Å²) in [6.07, 6.45) is 0. The Hall–Kier alpha value is -8.62. The topological polar surface area (TPSA) is 65.2 Å². The molecule has 0 fully saturated rings. The molecular formula is C62H44BN5O2. The van der Waals surface area contributed by atoms with Gasteiger partial charge in [-0.1, -0.05) is 120 Å². The van der Waals surface area contributed by atoms with Crippen LogP contribution < -0.4 is 21.3 Å². The number of nitrogens with zero attached hydrogens (tertiary/aromatic N) is 5. The number of fused-ring (bicyclic) bond motifs is 12. The van der Waals surface area contributed by atoms with Gasteiger partial charge in [-0.2, -0.15) is 0 Å². The summed E-state index contributed by atoms with van der Waals surface area (Å²) in [5.74, 6) is 1.79. The highest BCUT2D eigenvalue weighted by atomic mass is 16.3. The Bertz CT molecular complexity index is 4120. The molecule has 70 heavy (non-hydrogen) atoms. The van der Waals surface area contributed by atoms with Gasteiger partial charge in [0.15, 0.2) is 11.2 Å². The number of hydrogen-bond acceptors (Lipinski definition) is 5. The van der Waals surface area contributed by atoms with Gasteiger partial charge in [-0.05, 0) is 129 Å². The van der Waals surface area contributed by atoms with Crippen molar-refractivity contribution < 1.29 is 8.83 Å². The number of aromatic nitrogens is 4. The molecule has 4 aromatic heterocycles. The fraction of sp³-hybridized carbons (Fsp3) is 0.0968. The van der Waals surface area contributed by atoms with Crippen LogP contribution in [0.2, 0.25) is 0 Å². The van der Waals surface area contributed by atoms with Crippen LogP contribution in [0.1, 0.15) is 33.4 Å². The van der Waals surface area contributed by atoms with Gasteiger partial charge in [0, 0.05) is 55.4 Å². The van der Waals surface area contributed by atoms with Crippen LogP contribution in [-0.2, 0) is 0 Å². The van der Waals surface area contributed by atoms with Gasteiger partial charge in [-0.3, -0.25) is 9.13 Å². The largest absolute Gasteiger partial charge is 0.454 e. The van der Waals surface area contributed by atoms with Crippen LogP contribution in [0.5, 0.6) is 0 Å². The molecule has 0 atom stereocenters. The van der Waals surface area contributed by atoms with E-state index in [-0.39, 0.29) is 6.71 Å². The minimum Gasteiger partial charge on any atom is -0.454 e. The summed E-state index contributed by atoms with van der Waals surface area (Å²) in [4.78, 5) is 14.0. The number of furan rings is 2. The average Bonchev–Trinajstić information content (AvgIpc) is 4.13. The number of para-hydroxylation sites is 4. The maximum Gasteiger partial charge on any atom is 0.252 e. The summed E-state index contributed by atoms with van der Waals surface area (Å²) in [6.45, 7) is 13.0. The van der Waals surface area contributed by atoms with Gasteiger partial charge >= 0.3 is 0 Å². The first kappa shape index (κ1) is 39.4. The molecule has 0 radical (unpaired) electrons. The second-order valence-corrected chi connectivity index (χ2v) is 19.7. The highest BCUT2D eigenvalue weighted by molar-refractivity contribution is 7.00. The first-order valence-electron chi connectivity index (χ1n) is 24.2. The van der Waals surface area contributed by atoms with Crippen molar-refractivity contribution in [3.63, 3.8) is 0 Å².